The van der Waals surface area contributed by atoms with Crippen molar-refractivity contribution in [1.29, 1.82) is 0 Å². The summed E-state index contributed by atoms with van der Waals surface area (Å²) in [6, 6.07) is 14.1. The maximum Gasteiger partial charge on any atom is 0.347 e. The summed E-state index contributed by atoms with van der Waals surface area (Å²) >= 11 is 0. The van der Waals surface area contributed by atoms with Crippen LogP contribution < -0.4 is 9.47 Å². The van der Waals surface area contributed by atoms with Crippen LogP contribution in [-0.4, -0.2) is 18.7 Å². The predicted molar refractivity (Wildman–Crippen MR) is 91.3 cm³/mol. The van der Waals surface area contributed by atoms with E-state index in [9.17, 15) is 4.79 Å². The number of ether oxygens (including phenoxy) is 3. The summed E-state index contributed by atoms with van der Waals surface area (Å²) in [6.07, 6.45) is 0.928. The second kappa shape index (κ2) is 7.39. The van der Waals surface area contributed by atoms with Gasteiger partial charge in [0.25, 0.3) is 0 Å². The molecule has 0 bridgehead atoms. The molecule has 1 aliphatic rings. The SMILES string of the molecule is CCOC(=O)C1CCc2ccc(OCc3ccc(C)cc3)cc2O1. The first-order chi connectivity index (χ1) is 11.7. The molecule has 0 aromatic heterocycles. The fourth-order valence-electron chi connectivity index (χ4n) is 2.69. The average Bonchev–Trinajstić information content (AvgIpc) is 2.61. The Morgan fingerprint density at radius 1 is 1.21 bits per heavy atom. The Bertz CT molecular complexity index is 706. The molecule has 0 radical (unpaired) electrons. The van der Waals surface area contributed by atoms with Crippen LogP contribution in [0.1, 0.15) is 30.0 Å². The zero-order valence-corrected chi connectivity index (χ0v) is 14.1. The normalized spacial score (nSPS) is 16.0. The molecule has 0 saturated heterocycles. The fourth-order valence-corrected chi connectivity index (χ4v) is 2.69. The highest BCUT2D eigenvalue weighted by Crippen LogP contribution is 2.32. The van der Waals surface area contributed by atoms with Crippen molar-refractivity contribution < 1.29 is 19.0 Å². The van der Waals surface area contributed by atoms with E-state index in [2.05, 4.69) is 31.2 Å². The fraction of sp³-hybridized carbons (Fsp3) is 0.350. The third-order valence-corrected chi connectivity index (χ3v) is 4.06. The summed E-state index contributed by atoms with van der Waals surface area (Å²) in [6.45, 7) is 4.72. The minimum Gasteiger partial charge on any atom is -0.489 e. The van der Waals surface area contributed by atoms with Crippen LogP contribution in [0.25, 0.3) is 0 Å². The summed E-state index contributed by atoms with van der Waals surface area (Å²) < 4.78 is 16.7. The van der Waals surface area contributed by atoms with Crippen LogP contribution in [0.15, 0.2) is 42.5 Å². The molecule has 1 heterocycles. The number of carbonyl (C=O) groups is 1. The number of hydrogen-bond donors (Lipinski definition) is 0. The third kappa shape index (κ3) is 3.88. The van der Waals surface area contributed by atoms with Gasteiger partial charge in [0.05, 0.1) is 6.61 Å². The van der Waals surface area contributed by atoms with E-state index in [4.69, 9.17) is 14.2 Å². The second-order valence-corrected chi connectivity index (χ2v) is 5.94. The van der Waals surface area contributed by atoms with Gasteiger partial charge < -0.3 is 14.2 Å². The van der Waals surface area contributed by atoms with E-state index < -0.39 is 6.10 Å². The maximum atomic E-state index is 11.9. The lowest BCUT2D eigenvalue weighted by atomic mass is 10.0. The lowest BCUT2D eigenvalue weighted by Gasteiger charge is -2.25. The molecule has 2 aromatic rings. The molecular formula is C20H22O4. The Hall–Kier alpha value is -2.49. The minimum atomic E-state index is -0.523. The second-order valence-electron chi connectivity index (χ2n) is 5.94. The molecule has 1 aliphatic heterocycles. The molecule has 3 rings (SSSR count). The van der Waals surface area contributed by atoms with Crippen LogP contribution in [0.4, 0.5) is 0 Å². The number of aryl methyl sites for hydroxylation is 2. The van der Waals surface area contributed by atoms with Crippen molar-refractivity contribution in [2.75, 3.05) is 6.61 Å². The first-order valence-corrected chi connectivity index (χ1v) is 8.30. The van der Waals surface area contributed by atoms with Crippen LogP contribution in [0.2, 0.25) is 0 Å². The van der Waals surface area contributed by atoms with E-state index in [1.807, 2.05) is 18.2 Å². The minimum absolute atomic E-state index is 0.297. The highest BCUT2D eigenvalue weighted by atomic mass is 16.6. The van der Waals surface area contributed by atoms with Gasteiger partial charge in [0.1, 0.15) is 18.1 Å². The number of carbonyl (C=O) groups excluding carboxylic acids is 1. The van der Waals surface area contributed by atoms with Crippen LogP contribution in [0.5, 0.6) is 11.5 Å². The van der Waals surface area contributed by atoms with Crippen molar-refractivity contribution in [3.63, 3.8) is 0 Å². The van der Waals surface area contributed by atoms with Gasteiger partial charge in [0.15, 0.2) is 6.10 Å². The van der Waals surface area contributed by atoms with Crippen LogP contribution in [-0.2, 0) is 22.6 Å². The van der Waals surface area contributed by atoms with Crippen LogP contribution in [0.3, 0.4) is 0 Å². The van der Waals surface area contributed by atoms with E-state index in [1.165, 1.54) is 5.56 Å². The monoisotopic (exact) mass is 326 g/mol. The van der Waals surface area contributed by atoms with E-state index in [1.54, 1.807) is 6.92 Å². The molecule has 0 amide bonds. The zero-order valence-electron chi connectivity index (χ0n) is 14.1. The highest BCUT2D eigenvalue weighted by Gasteiger charge is 2.27. The van der Waals surface area contributed by atoms with Crippen molar-refractivity contribution in [2.24, 2.45) is 0 Å². The molecule has 0 aliphatic carbocycles. The van der Waals surface area contributed by atoms with E-state index in [-0.39, 0.29) is 5.97 Å². The zero-order chi connectivity index (χ0) is 16.9. The molecule has 0 spiro atoms. The molecular weight excluding hydrogens is 304 g/mol. The Kier molecular flexibility index (Phi) is 5.04. The number of fused-ring (bicyclic) bond motifs is 1. The summed E-state index contributed by atoms with van der Waals surface area (Å²) in [5.74, 6) is 1.15. The van der Waals surface area contributed by atoms with Gasteiger partial charge in [-0.2, -0.15) is 0 Å². The summed E-state index contributed by atoms with van der Waals surface area (Å²) in [5, 5.41) is 0. The summed E-state index contributed by atoms with van der Waals surface area (Å²) in [4.78, 5) is 11.9. The molecule has 0 N–H and O–H groups in total. The van der Waals surface area contributed by atoms with Gasteiger partial charge in [0.2, 0.25) is 0 Å². The van der Waals surface area contributed by atoms with E-state index in [0.29, 0.717) is 25.4 Å². The molecule has 4 nitrogen and oxygen atoms in total. The molecule has 24 heavy (non-hydrogen) atoms. The van der Waals surface area contributed by atoms with E-state index in [0.717, 1.165) is 23.3 Å². The number of benzene rings is 2. The highest BCUT2D eigenvalue weighted by molar-refractivity contribution is 5.75. The lowest BCUT2D eigenvalue weighted by molar-refractivity contribution is -0.152. The van der Waals surface area contributed by atoms with Crippen molar-refractivity contribution in [3.05, 3.63) is 59.2 Å². The quantitative estimate of drug-likeness (QED) is 0.783. The van der Waals surface area contributed by atoms with Gasteiger partial charge in [-0.1, -0.05) is 35.9 Å². The Morgan fingerprint density at radius 3 is 2.75 bits per heavy atom. The standard InChI is InChI=1S/C20H22O4/c1-3-22-20(21)18-11-9-16-8-10-17(12-19(16)24-18)23-13-15-6-4-14(2)5-7-15/h4-8,10,12,18H,3,9,11,13H2,1-2H3. The lowest BCUT2D eigenvalue weighted by Crippen LogP contribution is -2.32. The average molecular weight is 326 g/mol. The predicted octanol–water partition coefficient (Wildman–Crippen LogP) is 3.83. The number of rotatable bonds is 5. The van der Waals surface area contributed by atoms with E-state index >= 15 is 0 Å². The van der Waals surface area contributed by atoms with Gasteiger partial charge in [-0.3, -0.25) is 0 Å². The molecule has 1 atom stereocenters. The summed E-state index contributed by atoms with van der Waals surface area (Å²) in [7, 11) is 0. The number of hydrogen-bond acceptors (Lipinski definition) is 4. The topological polar surface area (TPSA) is 44.8 Å². The molecule has 4 heteroatoms. The van der Waals surface area contributed by atoms with Crippen molar-refractivity contribution in [3.8, 4) is 11.5 Å². The van der Waals surface area contributed by atoms with Gasteiger partial charge in [-0.25, -0.2) is 4.79 Å². The van der Waals surface area contributed by atoms with Crippen molar-refractivity contribution >= 4 is 5.97 Å². The first kappa shape index (κ1) is 16.4. The van der Waals surface area contributed by atoms with Crippen LogP contribution in [0, 0.1) is 6.92 Å². The molecule has 126 valence electrons. The van der Waals surface area contributed by atoms with Gasteiger partial charge >= 0.3 is 5.97 Å². The third-order valence-electron chi connectivity index (χ3n) is 4.06. The Balaban J connectivity index is 1.66. The molecule has 1 unspecified atom stereocenters. The maximum absolute atomic E-state index is 11.9. The van der Waals surface area contributed by atoms with Gasteiger partial charge in [-0.05, 0) is 43.9 Å². The number of esters is 1. The largest absolute Gasteiger partial charge is 0.489 e. The molecule has 0 saturated carbocycles. The van der Waals surface area contributed by atoms with Gasteiger partial charge in [-0.15, -0.1) is 0 Å². The smallest absolute Gasteiger partial charge is 0.347 e. The Labute approximate surface area is 142 Å². The first-order valence-electron chi connectivity index (χ1n) is 8.30. The van der Waals surface area contributed by atoms with Gasteiger partial charge in [0, 0.05) is 6.07 Å². The summed E-state index contributed by atoms with van der Waals surface area (Å²) in [5.41, 5.74) is 3.44. The molecule has 2 aromatic carbocycles. The molecule has 0 fully saturated rings. The van der Waals surface area contributed by atoms with Crippen molar-refractivity contribution in [2.45, 2.75) is 39.4 Å². The van der Waals surface area contributed by atoms with Crippen molar-refractivity contribution in [1.82, 2.24) is 0 Å². The van der Waals surface area contributed by atoms with Crippen LogP contribution >= 0.6 is 0 Å². The Morgan fingerprint density at radius 2 is 2.00 bits per heavy atom.